The van der Waals surface area contributed by atoms with Gasteiger partial charge in [0.05, 0.1) is 11.5 Å². The Morgan fingerprint density at radius 2 is 1.81 bits per heavy atom. The van der Waals surface area contributed by atoms with Crippen molar-refractivity contribution in [3.05, 3.63) is 39.7 Å². The fraction of sp³-hybridized carbons (Fsp3) is 0.455. The molecule has 0 atom stereocenters. The molecule has 0 aliphatic heterocycles. The molecule has 1 N–H and O–H groups in total. The maximum Gasteiger partial charge on any atom is 0.305 e. The van der Waals surface area contributed by atoms with E-state index in [0.29, 0.717) is 5.56 Å². The monoisotopic (exact) mass is 231 g/mol. The highest BCUT2D eigenvalue weighted by Gasteiger charge is 2.13. The van der Waals surface area contributed by atoms with Crippen molar-refractivity contribution in [3.63, 3.8) is 0 Å². The average molecular weight is 231 g/mol. The first kappa shape index (κ1) is 16.9. The molecular weight excluding hydrogens is 213 g/mol. The molecule has 1 aromatic rings. The number of nitro benzene ring substituents is 1. The van der Waals surface area contributed by atoms with Crippen LogP contribution < -0.4 is 0 Å². The van der Waals surface area contributed by atoms with Crippen molar-refractivity contribution in [1.82, 2.24) is 0 Å². The molecule has 0 bridgehead atoms. The van der Waals surface area contributed by atoms with Gasteiger partial charge in [-0.15, -0.1) is 0 Å². The highest BCUT2D eigenvalue weighted by molar-refractivity contribution is 5.35. The van der Waals surface area contributed by atoms with Gasteiger partial charge in [0.25, 0.3) is 0 Å². The third-order valence-corrected chi connectivity index (χ3v) is 1.39. The second kappa shape index (κ2) is 10.0. The maximum absolute atomic E-state index is 12.6. The van der Waals surface area contributed by atoms with Crippen molar-refractivity contribution in [3.8, 4) is 0 Å². The molecule has 5 heteroatoms. The van der Waals surface area contributed by atoms with Gasteiger partial charge in [-0.25, -0.2) is 0 Å². The van der Waals surface area contributed by atoms with Crippen LogP contribution in [0.15, 0.2) is 18.2 Å². The van der Waals surface area contributed by atoms with E-state index in [4.69, 9.17) is 5.11 Å². The lowest BCUT2D eigenvalue weighted by Gasteiger charge is -1.96. The molecule has 0 heterocycles. The SMILES string of the molecule is CC.CC.O=[N+]([O-])c1cc(CO)ccc1F. The predicted octanol–water partition coefficient (Wildman–Crippen LogP) is 3.28. The first-order chi connectivity index (χ1) is 7.65. The van der Waals surface area contributed by atoms with Gasteiger partial charge in [0.1, 0.15) is 0 Å². The molecule has 0 aromatic heterocycles. The first-order valence-corrected chi connectivity index (χ1v) is 5.19. The van der Waals surface area contributed by atoms with Crippen LogP contribution in [0.4, 0.5) is 10.1 Å². The second-order valence-electron chi connectivity index (χ2n) is 2.20. The van der Waals surface area contributed by atoms with Gasteiger partial charge in [-0.05, 0) is 11.6 Å². The highest BCUT2D eigenvalue weighted by atomic mass is 19.1. The van der Waals surface area contributed by atoms with E-state index in [9.17, 15) is 14.5 Å². The van der Waals surface area contributed by atoms with Gasteiger partial charge in [-0.2, -0.15) is 4.39 Å². The minimum absolute atomic E-state index is 0.322. The van der Waals surface area contributed by atoms with E-state index in [-0.39, 0.29) is 6.61 Å². The summed E-state index contributed by atoms with van der Waals surface area (Å²) in [6.07, 6.45) is 0. The lowest BCUT2D eigenvalue weighted by molar-refractivity contribution is -0.387. The summed E-state index contributed by atoms with van der Waals surface area (Å²) in [6.45, 7) is 7.67. The number of aliphatic hydroxyl groups is 1. The molecule has 0 radical (unpaired) electrons. The Hall–Kier alpha value is -1.49. The van der Waals surface area contributed by atoms with E-state index >= 15 is 0 Å². The molecular formula is C11H18FNO3. The summed E-state index contributed by atoms with van der Waals surface area (Å²) in [7, 11) is 0. The molecule has 0 amide bonds. The van der Waals surface area contributed by atoms with Crippen LogP contribution in [0.25, 0.3) is 0 Å². The van der Waals surface area contributed by atoms with Gasteiger partial charge in [0.2, 0.25) is 5.82 Å². The molecule has 16 heavy (non-hydrogen) atoms. The number of hydrogen-bond acceptors (Lipinski definition) is 3. The van der Waals surface area contributed by atoms with Crippen molar-refractivity contribution >= 4 is 5.69 Å². The summed E-state index contributed by atoms with van der Waals surface area (Å²) in [6, 6.07) is 3.27. The predicted molar refractivity (Wildman–Crippen MR) is 61.7 cm³/mol. The Morgan fingerprint density at radius 1 is 1.31 bits per heavy atom. The molecule has 4 nitrogen and oxygen atoms in total. The van der Waals surface area contributed by atoms with Crippen LogP contribution in [0.1, 0.15) is 33.3 Å². The molecule has 0 unspecified atom stereocenters. The molecule has 0 aliphatic carbocycles. The molecule has 0 spiro atoms. The zero-order valence-corrected chi connectivity index (χ0v) is 10.0. The summed E-state index contributed by atoms with van der Waals surface area (Å²) < 4.78 is 12.6. The van der Waals surface area contributed by atoms with Crippen molar-refractivity contribution in [2.24, 2.45) is 0 Å². The Morgan fingerprint density at radius 3 is 2.19 bits per heavy atom. The number of nitro groups is 1. The normalized spacial score (nSPS) is 8.12. The minimum Gasteiger partial charge on any atom is -0.392 e. The molecule has 1 rings (SSSR count). The molecule has 0 aliphatic rings. The third kappa shape index (κ3) is 5.41. The van der Waals surface area contributed by atoms with Crippen molar-refractivity contribution in [1.29, 1.82) is 0 Å². The molecule has 1 aromatic carbocycles. The lowest BCUT2D eigenvalue weighted by atomic mass is 10.2. The van der Waals surface area contributed by atoms with Crippen LogP contribution in [0.3, 0.4) is 0 Å². The number of aliphatic hydroxyl groups excluding tert-OH is 1. The minimum atomic E-state index is -0.891. The average Bonchev–Trinajstić information content (AvgIpc) is 2.34. The van der Waals surface area contributed by atoms with Gasteiger partial charge in [0.15, 0.2) is 0 Å². The lowest BCUT2D eigenvalue weighted by Crippen LogP contribution is -1.94. The van der Waals surface area contributed by atoms with Crippen molar-refractivity contribution < 1.29 is 14.4 Å². The quantitative estimate of drug-likeness (QED) is 0.627. The van der Waals surface area contributed by atoms with Gasteiger partial charge in [-0.3, -0.25) is 10.1 Å². The Kier molecular flexibility index (Phi) is 10.6. The largest absolute Gasteiger partial charge is 0.392 e. The number of nitrogens with zero attached hydrogens (tertiary/aromatic N) is 1. The van der Waals surface area contributed by atoms with Crippen LogP contribution in [-0.4, -0.2) is 10.0 Å². The van der Waals surface area contributed by atoms with E-state index in [2.05, 4.69) is 0 Å². The number of benzene rings is 1. The third-order valence-electron chi connectivity index (χ3n) is 1.39. The summed E-state index contributed by atoms with van der Waals surface area (Å²) in [4.78, 5) is 9.35. The van der Waals surface area contributed by atoms with E-state index in [1.54, 1.807) is 0 Å². The topological polar surface area (TPSA) is 63.4 Å². The molecule has 0 saturated carbocycles. The van der Waals surface area contributed by atoms with Gasteiger partial charge in [-0.1, -0.05) is 33.8 Å². The van der Waals surface area contributed by atoms with Crippen LogP contribution in [0.5, 0.6) is 0 Å². The Balaban J connectivity index is 0. The van der Waals surface area contributed by atoms with E-state index in [0.717, 1.165) is 12.1 Å². The summed E-state index contributed by atoms with van der Waals surface area (Å²) in [5.41, 5.74) is -0.287. The maximum atomic E-state index is 12.6. The van der Waals surface area contributed by atoms with Crippen LogP contribution >= 0.6 is 0 Å². The van der Waals surface area contributed by atoms with E-state index in [1.165, 1.54) is 6.07 Å². The van der Waals surface area contributed by atoms with Gasteiger partial charge < -0.3 is 5.11 Å². The zero-order chi connectivity index (χ0) is 13.1. The fourth-order valence-electron chi connectivity index (χ4n) is 0.797. The van der Waals surface area contributed by atoms with Crippen LogP contribution in [-0.2, 0) is 6.61 Å². The van der Waals surface area contributed by atoms with Gasteiger partial charge in [0, 0.05) is 6.07 Å². The first-order valence-electron chi connectivity index (χ1n) is 5.19. The summed E-state index contributed by atoms with van der Waals surface area (Å²) in [5.74, 6) is -0.891. The number of halogens is 1. The van der Waals surface area contributed by atoms with E-state index in [1.807, 2.05) is 27.7 Å². The Labute approximate surface area is 94.9 Å². The van der Waals surface area contributed by atoms with Gasteiger partial charge >= 0.3 is 5.69 Å². The fourth-order valence-corrected chi connectivity index (χ4v) is 0.797. The Bertz CT molecular complexity index is 316. The number of rotatable bonds is 2. The van der Waals surface area contributed by atoms with E-state index < -0.39 is 16.4 Å². The smallest absolute Gasteiger partial charge is 0.305 e. The van der Waals surface area contributed by atoms with Crippen molar-refractivity contribution in [2.45, 2.75) is 34.3 Å². The standard InChI is InChI=1S/C7H6FNO3.2C2H6/c8-6-2-1-5(4-10)3-7(6)9(11)12;2*1-2/h1-3,10H,4H2;2*1-2H3. The molecule has 0 saturated heterocycles. The summed E-state index contributed by atoms with van der Waals surface area (Å²) >= 11 is 0. The second-order valence-corrected chi connectivity index (χ2v) is 2.20. The number of hydrogen-bond donors (Lipinski definition) is 1. The summed E-state index contributed by atoms with van der Waals surface area (Å²) in [5, 5.41) is 18.8. The van der Waals surface area contributed by atoms with Crippen molar-refractivity contribution in [2.75, 3.05) is 0 Å². The highest BCUT2D eigenvalue weighted by Crippen LogP contribution is 2.18. The van der Waals surface area contributed by atoms with Crippen LogP contribution in [0, 0.1) is 15.9 Å². The van der Waals surface area contributed by atoms with Crippen LogP contribution in [0.2, 0.25) is 0 Å². The molecule has 0 fully saturated rings. The zero-order valence-electron chi connectivity index (χ0n) is 10.0. The molecule has 92 valence electrons.